The number of carbonyl (C=O) groups is 1. The summed E-state index contributed by atoms with van der Waals surface area (Å²) in [6.07, 6.45) is 3.16. The van der Waals surface area contributed by atoms with Gasteiger partial charge in [-0.2, -0.15) is 0 Å². The lowest BCUT2D eigenvalue weighted by molar-refractivity contribution is -0.133. The van der Waals surface area contributed by atoms with E-state index in [-0.39, 0.29) is 5.91 Å². The molecule has 144 valence electrons. The van der Waals surface area contributed by atoms with Gasteiger partial charge in [0.15, 0.2) is 11.5 Å². The van der Waals surface area contributed by atoms with Gasteiger partial charge < -0.3 is 14.4 Å². The molecule has 0 radical (unpaired) electrons. The Morgan fingerprint density at radius 2 is 1.96 bits per heavy atom. The second kappa shape index (κ2) is 7.34. The Kier molecular flexibility index (Phi) is 5.32. The van der Waals surface area contributed by atoms with E-state index in [2.05, 4.69) is 6.92 Å². The minimum Gasteiger partial charge on any atom is -0.486 e. The van der Waals surface area contributed by atoms with Crippen LogP contribution in [-0.4, -0.2) is 57.8 Å². The Morgan fingerprint density at radius 1 is 1.27 bits per heavy atom. The molecule has 1 saturated heterocycles. The average molecular weight is 382 g/mol. The number of likely N-dealkylation sites (tertiary alicyclic amines) is 1. The van der Waals surface area contributed by atoms with Gasteiger partial charge in [-0.25, -0.2) is 8.42 Å². The van der Waals surface area contributed by atoms with Crippen LogP contribution in [0.15, 0.2) is 18.2 Å². The summed E-state index contributed by atoms with van der Waals surface area (Å²) in [7, 11) is -3.65. The van der Waals surface area contributed by atoms with Crippen LogP contribution >= 0.6 is 0 Å². The smallest absolute Gasteiger partial charge is 0.246 e. The zero-order valence-corrected chi connectivity index (χ0v) is 16.3. The molecule has 1 amide bonds. The Morgan fingerprint density at radius 3 is 2.62 bits per heavy atom. The number of anilines is 1. The fourth-order valence-corrected chi connectivity index (χ4v) is 4.79. The van der Waals surface area contributed by atoms with Crippen LogP contribution in [-0.2, 0) is 14.8 Å². The molecule has 0 unspecified atom stereocenters. The molecule has 0 bridgehead atoms. The molecule has 2 aliphatic rings. The SMILES string of the molecule is C[C@@H]1CCCN(C(=O)[C@H](C)N(c2ccc3c(c2)OCCO3)S(C)(=O)=O)C1. The molecular formula is C18H26N2O5S. The molecule has 2 aliphatic heterocycles. The lowest BCUT2D eigenvalue weighted by atomic mass is 10.00. The molecule has 8 heteroatoms. The van der Waals surface area contributed by atoms with Crippen molar-refractivity contribution < 1.29 is 22.7 Å². The van der Waals surface area contributed by atoms with Gasteiger partial charge in [0, 0.05) is 19.2 Å². The summed E-state index contributed by atoms with van der Waals surface area (Å²) in [6.45, 7) is 5.96. The van der Waals surface area contributed by atoms with E-state index in [1.54, 1.807) is 30.0 Å². The number of ether oxygens (including phenoxy) is 2. The van der Waals surface area contributed by atoms with Crippen molar-refractivity contribution in [3.05, 3.63) is 18.2 Å². The maximum Gasteiger partial charge on any atom is 0.246 e. The first-order valence-electron chi connectivity index (χ1n) is 8.95. The van der Waals surface area contributed by atoms with E-state index >= 15 is 0 Å². The molecule has 3 rings (SSSR count). The van der Waals surface area contributed by atoms with Crippen molar-refractivity contribution in [2.24, 2.45) is 5.92 Å². The van der Waals surface area contributed by atoms with E-state index in [0.29, 0.717) is 49.4 Å². The number of hydrogen-bond acceptors (Lipinski definition) is 5. The topological polar surface area (TPSA) is 76.2 Å². The standard InChI is InChI=1S/C18H26N2O5S/c1-13-5-4-8-19(12-13)18(21)14(2)20(26(3,22)23)15-6-7-16-17(11-15)25-10-9-24-16/h6-7,11,13-14H,4-5,8-10,12H2,1-3H3/t13-,14+/m1/s1. The van der Waals surface area contributed by atoms with Crippen molar-refractivity contribution >= 4 is 21.6 Å². The summed E-state index contributed by atoms with van der Waals surface area (Å²) in [5.41, 5.74) is 0.405. The molecule has 0 saturated carbocycles. The van der Waals surface area contributed by atoms with Crippen LogP contribution in [0, 0.1) is 5.92 Å². The molecule has 0 aromatic heterocycles. The van der Waals surface area contributed by atoms with Crippen molar-refractivity contribution in [3.63, 3.8) is 0 Å². The molecule has 1 aromatic carbocycles. The van der Waals surface area contributed by atoms with Gasteiger partial charge in [0.25, 0.3) is 0 Å². The highest BCUT2D eigenvalue weighted by Gasteiger charge is 2.34. The first-order valence-corrected chi connectivity index (χ1v) is 10.8. The third-order valence-corrected chi connectivity index (χ3v) is 6.06. The average Bonchev–Trinajstić information content (AvgIpc) is 2.60. The molecule has 1 aromatic rings. The number of sulfonamides is 1. The predicted molar refractivity (Wildman–Crippen MR) is 99.2 cm³/mol. The summed E-state index contributed by atoms with van der Waals surface area (Å²) in [5, 5.41) is 0. The van der Waals surface area contributed by atoms with E-state index in [9.17, 15) is 13.2 Å². The van der Waals surface area contributed by atoms with Gasteiger partial charge in [-0.3, -0.25) is 9.10 Å². The fourth-order valence-electron chi connectivity index (χ4n) is 3.63. The summed E-state index contributed by atoms with van der Waals surface area (Å²) in [5.74, 6) is 1.34. The molecular weight excluding hydrogens is 356 g/mol. The van der Waals surface area contributed by atoms with Crippen molar-refractivity contribution in [1.29, 1.82) is 0 Å². The lowest BCUT2D eigenvalue weighted by Gasteiger charge is -2.36. The van der Waals surface area contributed by atoms with Gasteiger partial charge in [0.05, 0.1) is 11.9 Å². The maximum atomic E-state index is 13.0. The predicted octanol–water partition coefficient (Wildman–Crippen LogP) is 1.87. The van der Waals surface area contributed by atoms with Crippen LogP contribution in [0.5, 0.6) is 11.5 Å². The molecule has 0 spiro atoms. The third kappa shape index (κ3) is 3.90. The Bertz CT molecular complexity index is 780. The summed E-state index contributed by atoms with van der Waals surface area (Å²) < 4.78 is 37.2. The van der Waals surface area contributed by atoms with Crippen LogP contribution in [0.2, 0.25) is 0 Å². The highest BCUT2D eigenvalue weighted by Crippen LogP contribution is 2.35. The normalized spacial score (nSPS) is 21.2. The summed E-state index contributed by atoms with van der Waals surface area (Å²) in [6, 6.07) is 4.13. The molecule has 2 atom stereocenters. The number of amides is 1. The van der Waals surface area contributed by atoms with E-state index in [1.165, 1.54) is 4.31 Å². The highest BCUT2D eigenvalue weighted by atomic mass is 32.2. The van der Waals surface area contributed by atoms with E-state index in [1.807, 2.05) is 0 Å². The second-order valence-corrected chi connectivity index (χ2v) is 8.95. The summed E-state index contributed by atoms with van der Waals surface area (Å²) >= 11 is 0. The number of rotatable bonds is 4. The largest absolute Gasteiger partial charge is 0.486 e. The van der Waals surface area contributed by atoms with E-state index < -0.39 is 16.1 Å². The van der Waals surface area contributed by atoms with Crippen molar-refractivity contribution in [3.8, 4) is 11.5 Å². The van der Waals surface area contributed by atoms with E-state index in [4.69, 9.17) is 9.47 Å². The first-order chi connectivity index (χ1) is 12.3. The Balaban J connectivity index is 1.90. The maximum absolute atomic E-state index is 13.0. The molecule has 0 N–H and O–H groups in total. The number of benzene rings is 1. The molecule has 26 heavy (non-hydrogen) atoms. The molecule has 0 aliphatic carbocycles. The van der Waals surface area contributed by atoms with Crippen LogP contribution < -0.4 is 13.8 Å². The quantitative estimate of drug-likeness (QED) is 0.795. The van der Waals surface area contributed by atoms with E-state index in [0.717, 1.165) is 19.1 Å². The van der Waals surface area contributed by atoms with Gasteiger partial charge in [0.2, 0.25) is 15.9 Å². The van der Waals surface area contributed by atoms with Crippen LogP contribution in [0.4, 0.5) is 5.69 Å². The van der Waals surface area contributed by atoms with Crippen molar-refractivity contribution in [1.82, 2.24) is 4.90 Å². The molecule has 7 nitrogen and oxygen atoms in total. The number of nitrogens with zero attached hydrogens (tertiary/aromatic N) is 2. The molecule has 2 heterocycles. The molecule has 1 fully saturated rings. The number of carbonyl (C=O) groups excluding carboxylic acids is 1. The second-order valence-electron chi connectivity index (χ2n) is 7.09. The Labute approximate surface area is 154 Å². The number of hydrogen-bond donors (Lipinski definition) is 0. The van der Waals surface area contributed by atoms with Crippen LogP contribution in [0.3, 0.4) is 0 Å². The van der Waals surface area contributed by atoms with Gasteiger partial charge in [-0.15, -0.1) is 0 Å². The number of fused-ring (bicyclic) bond motifs is 1. The minimum absolute atomic E-state index is 0.170. The fraction of sp³-hybridized carbons (Fsp3) is 0.611. The van der Waals surface area contributed by atoms with Gasteiger partial charge >= 0.3 is 0 Å². The number of piperidine rings is 1. The highest BCUT2D eigenvalue weighted by molar-refractivity contribution is 7.92. The Hall–Kier alpha value is -1.96. The first kappa shape index (κ1) is 18.8. The summed E-state index contributed by atoms with van der Waals surface area (Å²) in [4.78, 5) is 14.7. The zero-order valence-electron chi connectivity index (χ0n) is 15.5. The van der Waals surface area contributed by atoms with Gasteiger partial charge in [-0.05, 0) is 37.8 Å². The minimum atomic E-state index is -3.65. The zero-order chi connectivity index (χ0) is 18.9. The lowest BCUT2D eigenvalue weighted by Crippen LogP contribution is -2.51. The van der Waals surface area contributed by atoms with Gasteiger partial charge in [0.1, 0.15) is 19.3 Å². The van der Waals surface area contributed by atoms with Crippen LogP contribution in [0.25, 0.3) is 0 Å². The van der Waals surface area contributed by atoms with Gasteiger partial charge in [-0.1, -0.05) is 6.92 Å². The van der Waals surface area contributed by atoms with Crippen LogP contribution in [0.1, 0.15) is 26.7 Å². The third-order valence-electron chi connectivity index (χ3n) is 4.82. The van der Waals surface area contributed by atoms with Crippen molar-refractivity contribution in [2.75, 3.05) is 36.9 Å². The van der Waals surface area contributed by atoms with Crippen molar-refractivity contribution in [2.45, 2.75) is 32.7 Å². The monoisotopic (exact) mass is 382 g/mol.